The predicted molar refractivity (Wildman–Crippen MR) is 114 cm³/mol. The van der Waals surface area contributed by atoms with Crippen molar-refractivity contribution in [2.45, 2.75) is 6.92 Å². The van der Waals surface area contributed by atoms with Crippen molar-refractivity contribution in [2.24, 2.45) is 5.73 Å². The van der Waals surface area contributed by atoms with Crippen LogP contribution in [0.3, 0.4) is 0 Å². The molecule has 8 nitrogen and oxygen atoms in total. The van der Waals surface area contributed by atoms with Gasteiger partial charge in [0.2, 0.25) is 5.91 Å². The molecule has 0 saturated carbocycles. The van der Waals surface area contributed by atoms with Crippen LogP contribution in [0.1, 0.15) is 17.3 Å². The highest BCUT2D eigenvalue weighted by Gasteiger charge is 2.15. The molecule has 1 aliphatic rings. The lowest BCUT2D eigenvalue weighted by molar-refractivity contribution is -0.134. The number of fused-ring (bicyclic) bond motifs is 1. The van der Waals surface area contributed by atoms with Crippen LogP contribution in [0.4, 0.5) is 5.82 Å². The molecule has 4 rings (SSSR count). The van der Waals surface area contributed by atoms with Gasteiger partial charge in [-0.3, -0.25) is 9.59 Å². The third-order valence-corrected chi connectivity index (χ3v) is 5.56. The van der Waals surface area contributed by atoms with Gasteiger partial charge in [-0.25, -0.2) is 9.97 Å². The number of amides is 1. The molecular weight excluding hydrogens is 390 g/mol. The topological polar surface area (TPSA) is 113 Å². The first kappa shape index (κ1) is 20.7. The summed E-state index contributed by atoms with van der Waals surface area (Å²) in [5.74, 6) is -0.246. The van der Waals surface area contributed by atoms with E-state index in [1.165, 1.54) is 0 Å². The maximum atomic E-state index is 11.3. The number of piperazine rings is 1. The highest BCUT2D eigenvalue weighted by molar-refractivity contribution is 7.21. The van der Waals surface area contributed by atoms with Gasteiger partial charge in [0.25, 0.3) is 5.97 Å². The van der Waals surface area contributed by atoms with Crippen LogP contribution in [-0.4, -0.2) is 65.1 Å². The molecule has 0 unspecified atom stereocenters. The highest BCUT2D eigenvalue weighted by Crippen LogP contribution is 2.31. The molecule has 9 heteroatoms. The van der Waals surface area contributed by atoms with Gasteiger partial charge < -0.3 is 20.6 Å². The van der Waals surface area contributed by atoms with Crippen molar-refractivity contribution in [1.82, 2.24) is 14.9 Å². The van der Waals surface area contributed by atoms with Crippen molar-refractivity contribution in [2.75, 3.05) is 38.1 Å². The largest absolute Gasteiger partial charge is 0.481 e. The van der Waals surface area contributed by atoms with Crippen molar-refractivity contribution < 1.29 is 14.7 Å². The fraction of sp³-hybridized carbons (Fsp3) is 0.300. The summed E-state index contributed by atoms with van der Waals surface area (Å²) in [5, 5.41) is 8.31. The fourth-order valence-corrected chi connectivity index (χ4v) is 3.93. The van der Waals surface area contributed by atoms with Crippen LogP contribution in [0.5, 0.6) is 0 Å². The molecule has 0 radical (unpaired) electrons. The Labute approximate surface area is 172 Å². The Hall–Kier alpha value is -3.04. The quantitative estimate of drug-likeness (QED) is 0.677. The van der Waals surface area contributed by atoms with E-state index in [4.69, 9.17) is 15.6 Å². The monoisotopic (exact) mass is 413 g/mol. The van der Waals surface area contributed by atoms with Gasteiger partial charge in [0.1, 0.15) is 10.8 Å². The molecule has 0 atom stereocenters. The Kier molecular flexibility index (Phi) is 6.40. The van der Waals surface area contributed by atoms with Gasteiger partial charge in [0.05, 0.1) is 10.2 Å². The summed E-state index contributed by atoms with van der Waals surface area (Å²) in [4.78, 5) is 34.2. The number of nitrogens with two attached hydrogens (primary N) is 1. The van der Waals surface area contributed by atoms with Crippen LogP contribution in [0.25, 0.3) is 20.8 Å². The summed E-state index contributed by atoms with van der Waals surface area (Å²) < 4.78 is 0.953. The number of benzene rings is 1. The van der Waals surface area contributed by atoms with E-state index >= 15 is 0 Å². The molecule has 0 spiro atoms. The molecule has 152 valence electrons. The third-order valence-electron chi connectivity index (χ3n) is 4.50. The number of carboxylic acids is 1. The van der Waals surface area contributed by atoms with Gasteiger partial charge in [-0.05, 0) is 37.4 Å². The van der Waals surface area contributed by atoms with E-state index < -0.39 is 11.9 Å². The zero-order chi connectivity index (χ0) is 21.0. The van der Waals surface area contributed by atoms with Crippen LogP contribution in [0, 0.1) is 0 Å². The first-order chi connectivity index (χ1) is 13.8. The Morgan fingerprint density at radius 2 is 1.83 bits per heavy atom. The number of carbonyl (C=O) groups excluding carboxylic acids is 1. The molecule has 3 N–H and O–H groups in total. The number of hydrogen-bond donors (Lipinski definition) is 2. The summed E-state index contributed by atoms with van der Waals surface area (Å²) in [6.45, 7) is 5.20. The first-order valence-corrected chi connectivity index (χ1v) is 9.95. The molecule has 1 fully saturated rings. The van der Waals surface area contributed by atoms with Crippen molar-refractivity contribution in [3.8, 4) is 10.6 Å². The molecule has 0 bridgehead atoms. The Morgan fingerprint density at radius 3 is 2.41 bits per heavy atom. The van der Waals surface area contributed by atoms with Gasteiger partial charge in [-0.2, -0.15) is 0 Å². The number of nitrogens with zero attached hydrogens (tertiary/aromatic N) is 4. The molecule has 1 amide bonds. The standard InChI is InChI=1S/C18H19N5OS.C2H4O2/c1-22-6-8-23(9-7-22)16-5-3-13(11-20-16)18-21-14-4-2-12(17(19)24)10-15(14)25-18;1-2(3)4/h2-5,10-11H,6-9H2,1H3,(H2,19,24);1H3,(H,3,4). The normalized spacial score (nSPS) is 14.3. The number of thiazole rings is 1. The lowest BCUT2D eigenvalue weighted by Crippen LogP contribution is -2.44. The second-order valence-corrected chi connectivity index (χ2v) is 7.81. The number of primary amides is 1. The van der Waals surface area contributed by atoms with Crippen molar-refractivity contribution in [3.05, 3.63) is 42.1 Å². The number of carboxylic acid groups (broad SMARTS) is 1. The summed E-state index contributed by atoms with van der Waals surface area (Å²) in [6.07, 6.45) is 1.88. The van der Waals surface area contributed by atoms with Gasteiger partial charge in [-0.15, -0.1) is 11.3 Å². The number of anilines is 1. The number of aromatic nitrogens is 2. The number of aliphatic carboxylic acids is 1. The van der Waals surface area contributed by atoms with Crippen molar-refractivity contribution >= 4 is 39.2 Å². The van der Waals surface area contributed by atoms with Crippen LogP contribution in [0.15, 0.2) is 36.5 Å². The lowest BCUT2D eigenvalue weighted by Gasteiger charge is -2.33. The van der Waals surface area contributed by atoms with Crippen LogP contribution < -0.4 is 10.6 Å². The molecule has 1 saturated heterocycles. The number of rotatable bonds is 3. The van der Waals surface area contributed by atoms with E-state index in [0.717, 1.165) is 59.7 Å². The fourth-order valence-electron chi connectivity index (χ4n) is 2.94. The molecule has 0 aliphatic carbocycles. The summed E-state index contributed by atoms with van der Waals surface area (Å²) >= 11 is 1.54. The predicted octanol–water partition coefficient (Wildman–Crippen LogP) is 2.30. The van der Waals surface area contributed by atoms with Crippen molar-refractivity contribution in [1.29, 1.82) is 0 Å². The van der Waals surface area contributed by atoms with Gasteiger partial charge in [0, 0.05) is 50.4 Å². The van der Waals surface area contributed by atoms with E-state index in [0.29, 0.717) is 5.56 Å². The Morgan fingerprint density at radius 1 is 1.14 bits per heavy atom. The summed E-state index contributed by atoms with van der Waals surface area (Å²) in [7, 11) is 2.14. The molecule has 3 aromatic rings. The third kappa shape index (κ3) is 5.27. The number of carbonyl (C=O) groups is 2. The molecule has 29 heavy (non-hydrogen) atoms. The van der Waals surface area contributed by atoms with Crippen LogP contribution in [0.2, 0.25) is 0 Å². The molecule has 2 aromatic heterocycles. The van der Waals surface area contributed by atoms with Gasteiger partial charge >= 0.3 is 0 Å². The van der Waals surface area contributed by atoms with E-state index in [1.807, 2.05) is 12.3 Å². The molecule has 1 aliphatic heterocycles. The lowest BCUT2D eigenvalue weighted by atomic mass is 10.2. The maximum absolute atomic E-state index is 11.3. The smallest absolute Gasteiger partial charge is 0.300 e. The number of pyridine rings is 1. The highest BCUT2D eigenvalue weighted by atomic mass is 32.1. The van der Waals surface area contributed by atoms with Gasteiger partial charge in [0.15, 0.2) is 0 Å². The average Bonchev–Trinajstić information content (AvgIpc) is 3.11. The van der Waals surface area contributed by atoms with E-state index in [-0.39, 0.29) is 0 Å². The summed E-state index contributed by atoms with van der Waals surface area (Å²) in [5.41, 5.74) is 7.71. The van der Waals surface area contributed by atoms with Crippen molar-refractivity contribution in [3.63, 3.8) is 0 Å². The van der Waals surface area contributed by atoms with E-state index in [2.05, 4.69) is 38.9 Å². The van der Waals surface area contributed by atoms with E-state index in [1.54, 1.807) is 23.5 Å². The second-order valence-electron chi connectivity index (χ2n) is 6.78. The molecule has 1 aromatic carbocycles. The number of likely N-dealkylation sites (N-methyl/N-ethyl adjacent to an activating group) is 1. The van der Waals surface area contributed by atoms with Gasteiger partial charge in [-0.1, -0.05) is 0 Å². The first-order valence-electron chi connectivity index (χ1n) is 9.13. The minimum Gasteiger partial charge on any atom is -0.481 e. The maximum Gasteiger partial charge on any atom is 0.300 e. The Bertz CT molecular complexity index is 1010. The second kappa shape index (κ2) is 8.97. The molecular formula is C20H23N5O3S. The Balaban J connectivity index is 0.000000552. The summed E-state index contributed by atoms with van der Waals surface area (Å²) in [6, 6.07) is 9.46. The minimum atomic E-state index is -0.833. The number of hydrogen-bond acceptors (Lipinski definition) is 7. The van der Waals surface area contributed by atoms with E-state index in [9.17, 15) is 4.79 Å². The van der Waals surface area contributed by atoms with Crippen LogP contribution >= 0.6 is 11.3 Å². The average molecular weight is 414 g/mol. The zero-order valence-corrected chi connectivity index (χ0v) is 17.1. The van der Waals surface area contributed by atoms with Crippen LogP contribution in [-0.2, 0) is 4.79 Å². The SMILES string of the molecule is CC(=O)O.CN1CCN(c2ccc(-c3nc4ccc(C(N)=O)cc4s3)cn2)CC1. The molecule has 3 heterocycles. The minimum absolute atomic E-state index is 0.421. The zero-order valence-electron chi connectivity index (χ0n) is 16.3.